The molecule has 0 unspecified atom stereocenters. The average Bonchev–Trinajstić information content (AvgIpc) is 2.61. The number of carbonyl (C=O) groups excluding carboxylic acids is 1. The van der Waals surface area contributed by atoms with Gasteiger partial charge in [0, 0.05) is 11.6 Å². The second-order valence-corrected chi connectivity index (χ2v) is 3.42. The van der Waals surface area contributed by atoms with Crippen LogP contribution in [0.15, 0.2) is 11.6 Å². The summed E-state index contributed by atoms with van der Waals surface area (Å²) in [6.07, 6.45) is 4.21. The first kappa shape index (κ1) is 7.80. The molecular formula is C9H13NO2. The third kappa shape index (κ3) is 1.25. The monoisotopic (exact) mass is 167 g/mol. The minimum absolute atomic E-state index is 0.0139. The molecule has 2 aliphatic rings. The first-order chi connectivity index (χ1) is 5.77. The number of carbonyl (C=O) groups is 1. The van der Waals surface area contributed by atoms with Crippen molar-refractivity contribution in [3.63, 3.8) is 0 Å². The molecule has 1 fully saturated rings. The van der Waals surface area contributed by atoms with E-state index >= 15 is 0 Å². The van der Waals surface area contributed by atoms with Crippen LogP contribution in [0, 0.1) is 0 Å². The summed E-state index contributed by atoms with van der Waals surface area (Å²) in [5.41, 5.74) is 0.744. The van der Waals surface area contributed by atoms with Crippen LogP contribution in [0.25, 0.3) is 0 Å². The second-order valence-electron chi connectivity index (χ2n) is 3.42. The van der Waals surface area contributed by atoms with E-state index in [0.717, 1.165) is 18.5 Å². The Hall–Kier alpha value is -0.830. The lowest BCUT2D eigenvalue weighted by molar-refractivity contribution is -0.140. The Morgan fingerprint density at radius 2 is 2.50 bits per heavy atom. The van der Waals surface area contributed by atoms with Gasteiger partial charge in [-0.25, -0.2) is 4.79 Å². The summed E-state index contributed by atoms with van der Waals surface area (Å²) in [4.78, 5) is 11.0. The van der Waals surface area contributed by atoms with Gasteiger partial charge in [0.15, 0.2) is 0 Å². The molecule has 66 valence electrons. The zero-order chi connectivity index (χ0) is 8.55. The zero-order valence-corrected chi connectivity index (χ0v) is 7.17. The van der Waals surface area contributed by atoms with Crippen LogP contribution >= 0.6 is 0 Å². The van der Waals surface area contributed by atoms with E-state index in [9.17, 15) is 4.79 Å². The van der Waals surface area contributed by atoms with Gasteiger partial charge in [-0.1, -0.05) is 0 Å². The fourth-order valence-electron chi connectivity index (χ4n) is 1.76. The highest BCUT2D eigenvalue weighted by atomic mass is 16.5. The Morgan fingerprint density at radius 3 is 3.00 bits per heavy atom. The molecule has 3 heteroatoms. The van der Waals surface area contributed by atoms with Crippen molar-refractivity contribution in [3.8, 4) is 0 Å². The van der Waals surface area contributed by atoms with Crippen LogP contribution in [0.4, 0.5) is 0 Å². The van der Waals surface area contributed by atoms with Gasteiger partial charge in [-0.2, -0.15) is 0 Å². The van der Waals surface area contributed by atoms with E-state index < -0.39 is 0 Å². The second kappa shape index (κ2) is 2.90. The lowest BCUT2D eigenvalue weighted by atomic mass is 10.1. The summed E-state index contributed by atoms with van der Waals surface area (Å²) in [5, 5.41) is 3.32. The lowest BCUT2D eigenvalue weighted by Gasteiger charge is -2.15. The first-order valence-corrected chi connectivity index (χ1v) is 4.40. The largest absolute Gasteiger partial charge is 0.453 e. The number of ether oxygens (including phenoxy) is 1. The number of esters is 1. The smallest absolute Gasteiger partial charge is 0.334 e. The van der Waals surface area contributed by atoms with E-state index in [4.69, 9.17) is 4.74 Å². The predicted molar refractivity (Wildman–Crippen MR) is 44.7 cm³/mol. The highest BCUT2D eigenvalue weighted by Gasteiger charge is 2.31. The van der Waals surface area contributed by atoms with Gasteiger partial charge in [-0.15, -0.1) is 0 Å². The summed E-state index contributed by atoms with van der Waals surface area (Å²) in [5.74, 6) is -0.159. The number of rotatable bonds is 1. The molecule has 2 atom stereocenters. The van der Waals surface area contributed by atoms with Gasteiger partial charge in [-0.3, -0.25) is 0 Å². The van der Waals surface area contributed by atoms with Gasteiger partial charge in [0.25, 0.3) is 0 Å². The van der Waals surface area contributed by atoms with E-state index in [1.165, 1.54) is 6.42 Å². The van der Waals surface area contributed by atoms with Crippen LogP contribution in [0.2, 0.25) is 0 Å². The molecule has 12 heavy (non-hydrogen) atoms. The highest BCUT2D eigenvalue weighted by Crippen LogP contribution is 2.20. The molecule has 1 N–H and O–H groups in total. The van der Waals surface area contributed by atoms with Gasteiger partial charge in [0.2, 0.25) is 0 Å². The van der Waals surface area contributed by atoms with Crippen molar-refractivity contribution in [2.24, 2.45) is 0 Å². The number of nitrogens with one attached hydrogen (secondary N) is 1. The molecule has 2 rings (SSSR count). The van der Waals surface area contributed by atoms with Crippen molar-refractivity contribution in [3.05, 3.63) is 11.6 Å². The van der Waals surface area contributed by atoms with E-state index in [2.05, 4.69) is 5.32 Å². The molecule has 0 amide bonds. The van der Waals surface area contributed by atoms with Crippen molar-refractivity contribution in [2.75, 3.05) is 6.54 Å². The predicted octanol–water partition coefficient (Wildman–Crippen LogP) is 0.610. The molecule has 0 aromatic heterocycles. The molecule has 0 aromatic carbocycles. The van der Waals surface area contributed by atoms with E-state index in [1.807, 2.05) is 6.08 Å². The molecule has 0 bridgehead atoms. The highest BCUT2D eigenvalue weighted by molar-refractivity contribution is 5.90. The number of cyclic esters (lactones) is 1. The maximum atomic E-state index is 11.0. The maximum absolute atomic E-state index is 11.0. The molecule has 0 saturated carbocycles. The third-order valence-electron chi connectivity index (χ3n) is 2.47. The van der Waals surface area contributed by atoms with Gasteiger partial charge in [-0.05, 0) is 32.4 Å². The molecule has 0 spiro atoms. The molecule has 2 heterocycles. The zero-order valence-electron chi connectivity index (χ0n) is 7.17. The van der Waals surface area contributed by atoms with Crippen LogP contribution in [-0.4, -0.2) is 24.7 Å². The van der Waals surface area contributed by atoms with E-state index in [-0.39, 0.29) is 12.1 Å². The van der Waals surface area contributed by atoms with Crippen molar-refractivity contribution >= 4 is 5.97 Å². The Balaban J connectivity index is 2.02. The van der Waals surface area contributed by atoms with Crippen molar-refractivity contribution < 1.29 is 9.53 Å². The average molecular weight is 167 g/mol. The van der Waals surface area contributed by atoms with Crippen LogP contribution < -0.4 is 5.32 Å². The molecule has 2 aliphatic heterocycles. The minimum Gasteiger partial charge on any atom is -0.453 e. The summed E-state index contributed by atoms with van der Waals surface area (Å²) < 4.78 is 5.16. The number of hydrogen-bond acceptors (Lipinski definition) is 3. The normalized spacial score (nSPS) is 35.1. The van der Waals surface area contributed by atoms with Crippen LogP contribution in [0.5, 0.6) is 0 Å². The lowest BCUT2D eigenvalue weighted by Crippen LogP contribution is -2.34. The Bertz CT molecular complexity index is 229. The fraction of sp³-hybridized carbons (Fsp3) is 0.667. The summed E-state index contributed by atoms with van der Waals surface area (Å²) in [6, 6.07) is 0.353. The SMILES string of the molecule is CC1=C[C@@H]([C@H]2CCCN2)OC1=O. The quantitative estimate of drug-likeness (QED) is 0.581. The molecule has 0 aliphatic carbocycles. The minimum atomic E-state index is -0.159. The molecule has 0 aromatic rings. The maximum Gasteiger partial charge on any atom is 0.334 e. The Labute approximate surface area is 71.8 Å². The van der Waals surface area contributed by atoms with Gasteiger partial charge >= 0.3 is 5.97 Å². The van der Waals surface area contributed by atoms with Crippen LogP contribution in [-0.2, 0) is 9.53 Å². The number of hydrogen-bond donors (Lipinski definition) is 1. The fourth-order valence-corrected chi connectivity index (χ4v) is 1.76. The Kier molecular flexibility index (Phi) is 1.89. The molecule has 3 nitrogen and oxygen atoms in total. The van der Waals surface area contributed by atoms with Crippen molar-refractivity contribution in [2.45, 2.75) is 31.9 Å². The van der Waals surface area contributed by atoms with Gasteiger partial charge in [0.05, 0.1) is 0 Å². The van der Waals surface area contributed by atoms with Gasteiger partial charge in [0.1, 0.15) is 6.10 Å². The van der Waals surface area contributed by atoms with Gasteiger partial charge < -0.3 is 10.1 Å². The summed E-state index contributed by atoms with van der Waals surface area (Å²) >= 11 is 0. The van der Waals surface area contributed by atoms with E-state index in [0.29, 0.717) is 6.04 Å². The molecular weight excluding hydrogens is 154 g/mol. The standard InChI is InChI=1S/C9H13NO2/c1-6-5-8(12-9(6)11)7-3-2-4-10-7/h5,7-8,10H,2-4H2,1H3/t7-,8+/m1/s1. The third-order valence-corrected chi connectivity index (χ3v) is 2.47. The molecule has 1 saturated heterocycles. The van der Waals surface area contributed by atoms with Crippen LogP contribution in [0.1, 0.15) is 19.8 Å². The molecule has 0 radical (unpaired) electrons. The van der Waals surface area contributed by atoms with Crippen LogP contribution in [0.3, 0.4) is 0 Å². The summed E-state index contributed by atoms with van der Waals surface area (Å²) in [7, 11) is 0. The topological polar surface area (TPSA) is 38.3 Å². The van der Waals surface area contributed by atoms with Crippen molar-refractivity contribution in [1.82, 2.24) is 5.32 Å². The Morgan fingerprint density at radius 1 is 1.67 bits per heavy atom. The summed E-state index contributed by atoms with van der Waals surface area (Å²) in [6.45, 7) is 2.85. The first-order valence-electron chi connectivity index (χ1n) is 4.40. The van der Waals surface area contributed by atoms with E-state index in [1.54, 1.807) is 6.92 Å². The van der Waals surface area contributed by atoms with Crippen molar-refractivity contribution in [1.29, 1.82) is 0 Å².